The molecule has 1 amide bonds. The fourth-order valence-electron chi connectivity index (χ4n) is 4.01. The van der Waals surface area contributed by atoms with Crippen LogP contribution in [0.2, 0.25) is 5.02 Å². The Kier molecular flexibility index (Phi) is 8.68. The summed E-state index contributed by atoms with van der Waals surface area (Å²) in [6.45, 7) is 4.31. The summed E-state index contributed by atoms with van der Waals surface area (Å²) in [5, 5.41) is 7.32. The lowest BCUT2D eigenvalue weighted by molar-refractivity contribution is -0.122. The molecule has 1 aromatic carbocycles. The van der Waals surface area contributed by atoms with Crippen LogP contribution in [0.25, 0.3) is 0 Å². The molecule has 0 aromatic heterocycles. The average Bonchev–Trinajstić information content (AvgIpc) is 2.66. The van der Waals surface area contributed by atoms with Crippen molar-refractivity contribution in [1.82, 2.24) is 10.6 Å². The normalized spacial score (nSPS) is 20.2. The van der Waals surface area contributed by atoms with Crippen LogP contribution in [0.4, 0.5) is 0 Å². The largest absolute Gasteiger partial charge is 0.381 e. The zero-order valence-electron chi connectivity index (χ0n) is 15.3. The Morgan fingerprint density at radius 1 is 1.27 bits per heavy atom. The maximum Gasteiger partial charge on any atom is 0.220 e. The molecule has 0 atom stereocenters. The number of benzene rings is 1. The fraction of sp³-hybridized carbons (Fsp3) is 0.650. The van der Waals surface area contributed by atoms with Crippen molar-refractivity contribution < 1.29 is 9.53 Å². The van der Waals surface area contributed by atoms with E-state index in [4.69, 9.17) is 16.3 Å². The Balaban J connectivity index is 0.00000243. The average molecular weight is 401 g/mol. The number of hydrogen-bond donors (Lipinski definition) is 2. The van der Waals surface area contributed by atoms with E-state index in [1.54, 1.807) is 0 Å². The van der Waals surface area contributed by atoms with E-state index in [2.05, 4.69) is 16.7 Å². The van der Waals surface area contributed by atoms with Crippen molar-refractivity contribution in [3.63, 3.8) is 0 Å². The number of amides is 1. The summed E-state index contributed by atoms with van der Waals surface area (Å²) >= 11 is 6.20. The molecule has 2 fully saturated rings. The SMILES string of the molecule is Cl.O=C(CCC1CCNCC1)NCC1(c2cccc(Cl)c2)CCOCC1. The molecule has 0 aliphatic carbocycles. The molecule has 2 heterocycles. The van der Waals surface area contributed by atoms with Gasteiger partial charge in [-0.2, -0.15) is 0 Å². The second kappa shape index (κ2) is 10.5. The van der Waals surface area contributed by atoms with Crippen LogP contribution in [0.1, 0.15) is 44.1 Å². The highest BCUT2D eigenvalue weighted by Crippen LogP contribution is 2.35. The zero-order valence-corrected chi connectivity index (χ0v) is 16.8. The number of carbonyl (C=O) groups excluding carboxylic acids is 1. The number of halogens is 2. The Labute approximate surface area is 167 Å². The molecule has 0 bridgehead atoms. The maximum absolute atomic E-state index is 12.4. The smallest absolute Gasteiger partial charge is 0.220 e. The van der Waals surface area contributed by atoms with Gasteiger partial charge in [-0.1, -0.05) is 23.7 Å². The van der Waals surface area contributed by atoms with Crippen LogP contribution >= 0.6 is 24.0 Å². The quantitative estimate of drug-likeness (QED) is 0.764. The number of ether oxygens (including phenoxy) is 1. The van der Waals surface area contributed by atoms with Crippen molar-refractivity contribution in [1.29, 1.82) is 0 Å². The monoisotopic (exact) mass is 400 g/mol. The van der Waals surface area contributed by atoms with E-state index in [0.29, 0.717) is 18.9 Å². The third-order valence-electron chi connectivity index (χ3n) is 5.75. The molecule has 0 radical (unpaired) electrons. The molecular formula is C20H30Cl2N2O2. The minimum absolute atomic E-state index is 0. The lowest BCUT2D eigenvalue weighted by atomic mass is 9.74. The fourth-order valence-corrected chi connectivity index (χ4v) is 4.20. The van der Waals surface area contributed by atoms with Crippen LogP contribution in [0, 0.1) is 5.92 Å². The first-order valence-corrected chi connectivity index (χ1v) is 9.87. The van der Waals surface area contributed by atoms with Gasteiger partial charge in [0, 0.05) is 36.6 Å². The molecule has 0 spiro atoms. The van der Waals surface area contributed by atoms with Crippen molar-refractivity contribution >= 4 is 29.9 Å². The van der Waals surface area contributed by atoms with Crippen molar-refractivity contribution in [3.8, 4) is 0 Å². The van der Waals surface area contributed by atoms with E-state index >= 15 is 0 Å². The summed E-state index contributed by atoms with van der Waals surface area (Å²) in [6, 6.07) is 8.05. The van der Waals surface area contributed by atoms with Gasteiger partial charge >= 0.3 is 0 Å². The summed E-state index contributed by atoms with van der Waals surface area (Å²) in [6.07, 6.45) is 5.85. The van der Waals surface area contributed by atoms with Gasteiger partial charge in [0.2, 0.25) is 5.91 Å². The molecule has 146 valence electrons. The topological polar surface area (TPSA) is 50.4 Å². The van der Waals surface area contributed by atoms with E-state index in [1.165, 1.54) is 18.4 Å². The van der Waals surface area contributed by atoms with Crippen molar-refractivity contribution in [2.24, 2.45) is 5.92 Å². The maximum atomic E-state index is 12.4. The number of rotatable bonds is 6. The summed E-state index contributed by atoms with van der Waals surface area (Å²) in [4.78, 5) is 12.4. The highest BCUT2D eigenvalue weighted by atomic mass is 35.5. The summed E-state index contributed by atoms with van der Waals surface area (Å²) < 4.78 is 5.56. The van der Waals surface area contributed by atoms with Crippen LogP contribution < -0.4 is 10.6 Å². The van der Waals surface area contributed by atoms with E-state index in [-0.39, 0.29) is 23.7 Å². The van der Waals surface area contributed by atoms with Crippen molar-refractivity contribution in [2.45, 2.75) is 43.9 Å². The van der Waals surface area contributed by atoms with Crippen molar-refractivity contribution in [3.05, 3.63) is 34.9 Å². The summed E-state index contributed by atoms with van der Waals surface area (Å²) in [5.41, 5.74) is 1.15. The van der Waals surface area contributed by atoms with Gasteiger partial charge in [0.15, 0.2) is 0 Å². The second-order valence-electron chi connectivity index (χ2n) is 7.41. The van der Waals surface area contributed by atoms with Crippen LogP contribution in [-0.4, -0.2) is 38.8 Å². The minimum atomic E-state index is -0.0619. The summed E-state index contributed by atoms with van der Waals surface area (Å²) in [7, 11) is 0. The van der Waals surface area contributed by atoms with Crippen LogP contribution in [-0.2, 0) is 14.9 Å². The van der Waals surface area contributed by atoms with Gasteiger partial charge in [0.1, 0.15) is 0 Å². The Morgan fingerprint density at radius 2 is 2.00 bits per heavy atom. The molecule has 2 saturated heterocycles. The molecule has 0 unspecified atom stereocenters. The highest BCUT2D eigenvalue weighted by molar-refractivity contribution is 6.30. The van der Waals surface area contributed by atoms with Gasteiger partial charge in [0.05, 0.1) is 0 Å². The molecule has 1 aromatic rings. The van der Waals surface area contributed by atoms with Gasteiger partial charge in [-0.25, -0.2) is 0 Å². The molecular weight excluding hydrogens is 371 g/mol. The number of nitrogens with one attached hydrogen (secondary N) is 2. The first-order valence-electron chi connectivity index (χ1n) is 9.49. The van der Waals surface area contributed by atoms with Gasteiger partial charge in [-0.3, -0.25) is 4.79 Å². The molecule has 0 saturated carbocycles. The Hall–Kier alpha value is -0.810. The lowest BCUT2D eigenvalue weighted by Gasteiger charge is -2.38. The van der Waals surface area contributed by atoms with Gasteiger partial charge in [0.25, 0.3) is 0 Å². The predicted molar refractivity (Wildman–Crippen MR) is 108 cm³/mol. The first kappa shape index (κ1) is 21.5. The molecule has 26 heavy (non-hydrogen) atoms. The molecule has 2 N–H and O–H groups in total. The molecule has 2 aliphatic heterocycles. The van der Waals surface area contributed by atoms with Crippen molar-refractivity contribution in [2.75, 3.05) is 32.8 Å². The number of hydrogen-bond acceptors (Lipinski definition) is 3. The van der Waals surface area contributed by atoms with E-state index < -0.39 is 0 Å². The standard InChI is InChI=1S/C20H29ClN2O2.ClH/c21-18-3-1-2-17(14-18)20(8-12-25-13-9-20)15-23-19(24)5-4-16-6-10-22-11-7-16;/h1-3,14,16,22H,4-13,15H2,(H,23,24);1H. The predicted octanol–water partition coefficient (Wildman–Crippen LogP) is 3.71. The zero-order chi connectivity index (χ0) is 17.5. The van der Waals surface area contributed by atoms with Gasteiger partial charge < -0.3 is 15.4 Å². The van der Waals surface area contributed by atoms with E-state index in [9.17, 15) is 4.79 Å². The third kappa shape index (κ3) is 5.85. The lowest BCUT2D eigenvalue weighted by Crippen LogP contribution is -2.44. The van der Waals surface area contributed by atoms with Crippen LogP contribution in [0.15, 0.2) is 24.3 Å². The van der Waals surface area contributed by atoms with E-state index in [0.717, 1.165) is 50.6 Å². The second-order valence-corrected chi connectivity index (χ2v) is 7.85. The molecule has 4 nitrogen and oxygen atoms in total. The van der Waals surface area contributed by atoms with Gasteiger partial charge in [-0.05, 0) is 68.8 Å². The molecule has 6 heteroatoms. The molecule has 2 aliphatic rings. The first-order chi connectivity index (χ1) is 12.2. The van der Waals surface area contributed by atoms with Crippen LogP contribution in [0.5, 0.6) is 0 Å². The minimum Gasteiger partial charge on any atom is -0.381 e. The van der Waals surface area contributed by atoms with Gasteiger partial charge in [-0.15, -0.1) is 12.4 Å². The Bertz CT molecular complexity index is 571. The molecule has 3 rings (SSSR count). The highest BCUT2D eigenvalue weighted by Gasteiger charge is 2.35. The Morgan fingerprint density at radius 3 is 2.69 bits per heavy atom. The third-order valence-corrected chi connectivity index (χ3v) is 5.98. The number of piperidine rings is 1. The summed E-state index contributed by atoms with van der Waals surface area (Å²) in [5.74, 6) is 0.864. The van der Waals surface area contributed by atoms with Crippen LogP contribution in [0.3, 0.4) is 0 Å². The van der Waals surface area contributed by atoms with E-state index in [1.807, 2.05) is 18.2 Å². The number of carbonyl (C=O) groups is 1.